The van der Waals surface area contributed by atoms with Gasteiger partial charge in [0.1, 0.15) is 0 Å². The zero-order chi connectivity index (χ0) is 12.8. The number of hydrogen-bond acceptors (Lipinski definition) is 2. The van der Waals surface area contributed by atoms with Gasteiger partial charge in [-0.1, -0.05) is 25.7 Å². The van der Waals surface area contributed by atoms with Crippen LogP contribution in [0.4, 0.5) is 0 Å². The highest BCUT2D eigenvalue weighted by Gasteiger charge is 2.28. The van der Waals surface area contributed by atoms with Gasteiger partial charge in [-0.2, -0.15) is 0 Å². The Morgan fingerprint density at radius 2 is 1.83 bits per heavy atom. The molecule has 0 unspecified atom stereocenters. The van der Waals surface area contributed by atoms with Crippen molar-refractivity contribution in [2.24, 2.45) is 5.92 Å². The fraction of sp³-hybridized carbons (Fsp3) is 0.933. The van der Waals surface area contributed by atoms with Gasteiger partial charge in [0.15, 0.2) is 0 Å². The maximum absolute atomic E-state index is 12.3. The average Bonchev–Trinajstić information content (AvgIpc) is 2.81. The van der Waals surface area contributed by atoms with E-state index in [-0.39, 0.29) is 6.61 Å². The molecule has 0 saturated heterocycles. The summed E-state index contributed by atoms with van der Waals surface area (Å²) >= 11 is 0. The Kier molecular flexibility index (Phi) is 5.48. The summed E-state index contributed by atoms with van der Waals surface area (Å²) in [5, 5.41) is 8.93. The normalized spacial score (nSPS) is 20.9. The van der Waals surface area contributed by atoms with Crippen LogP contribution in [-0.2, 0) is 4.79 Å². The minimum absolute atomic E-state index is 0.194. The molecular formula is C15H27NO2. The van der Waals surface area contributed by atoms with E-state index in [0.717, 1.165) is 31.7 Å². The highest BCUT2D eigenvalue weighted by Crippen LogP contribution is 2.30. The Bertz CT molecular complexity index is 257. The molecule has 0 aromatic carbocycles. The maximum Gasteiger partial charge on any atom is 0.222 e. The number of hydrogen-bond donors (Lipinski definition) is 1. The van der Waals surface area contributed by atoms with Crippen LogP contribution >= 0.6 is 0 Å². The summed E-state index contributed by atoms with van der Waals surface area (Å²) in [4.78, 5) is 14.3. The zero-order valence-electron chi connectivity index (χ0n) is 11.4. The van der Waals surface area contributed by atoms with E-state index < -0.39 is 0 Å². The number of amides is 1. The second-order valence-corrected chi connectivity index (χ2v) is 5.94. The van der Waals surface area contributed by atoms with Gasteiger partial charge in [-0.05, 0) is 38.0 Å². The molecule has 1 amide bonds. The van der Waals surface area contributed by atoms with Gasteiger partial charge in [-0.25, -0.2) is 0 Å². The smallest absolute Gasteiger partial charge is 0.222 e. The fourth-order valence-electron chi connectivity index (χ4n) is 3.22. The van der Waals surface area contributed by atoms with E-state index in [2.05, 4.69) is 4.90 Å². The van der Waals surface area contributed by atoms with E-state index in [0.29, 0.717) is 11.9 Å². The van der Waals surface area contributed by atoms with Gasteiger partial charge < -0.3 is 10.0 Å². The average molecular weight is 253 g/mol. The van der Waals surface area contributed by atoms with Crippen LogP contribution in [0.1, 0.15) is 64.2 Å². The fourth-order valence-corrected chi connectivity index (χ4v) is 3.22. The first-order valence-electron chi connectivity index (χ1n) is 7.71. The van der Waals surface area contributed by atoms with Crippen LogP contribution < -0.4 is 0 Å². The van der Waals surface area contributed by atoms with E-state index in [1.165, 1.54) is 44.9 Å². The molecule has 2 saturated carbocycles. The van der Waals surface area contributed by atoms with Gasteiger partial charge in [0.05, 0.1) is 0 Å². The number of rotatable bonds is 7. The lowest BCUT2D eigenvalue weighted by atomic mass is 9.90. The molecule has 0 radical (unpaired) electrons. The first kappa shape index (κ1) is 13.9. The van der Waals surface area contributed by atoms with Gasteiger partial charge >= 0.3 is 0 Å². The van der Waals surface area contributed by atoms with Crippen molar-refractivity contribution in [2.75, 3.05) is 13.2 Å². The van der Waals surface area contributed by atoms with Gasteiger partial charge in [-0.15, -0.1) is 0 Å². The molecule has 18 heavy (non-hydrogen) atoms. The summed E-state index contributed by atoms with van der Waals surface area (Å²) in [6.07, 6.45) is 11.5. The minimum Gasteiger partial charge on any atom is -0.396 e. The number of nitrogens with zero attached hydrogens (tertiary/aromatic N) is 1. The topological polar surface area (TPSA) is 40.5 Å². The highest BCUT2D eigenvalue weighted by molar-refractivity contribution is 5.76. The van der Waals surface area contributed by atoms with Crippen LogP contribution in [0, 0.1) is 5.92 Å². The molecular weight excluding hydrogens is 226 g/mol. The number of aliphatic hydroxyl groups excluding tert-OH is 1. The van der Waals surface area contributed by atoms with Crippen LogP contribution in [0.25, 0.3) is 0 Å². The minimum atomic E-state index is 0.194. The molecule has 2 rings (SSSR count). The van der Waals surface area contributed by atoms with Crippen molar-refractivity contribution in [2.45, 2.75) is 70.3 Å². The Labute approximate surface area is 111 Å². The Hall–Kier alpha value is -0.570. The standard InChI is InChI=1S/C15H27NO2/c17-12-4-11-16(14-7-3-8-14)15(18)10-9-13-5-1-2-6-13/h13-14,17H,1-12H2. The molecule has 0 bridgehead atoms. The molecule has 2 aliphatic rings. The van der Waals surface area contributed by atoms with Crippen molar-refractivity contribution in [3.05, 3.63) is 0 Å². The predicted molar refractivity (Wildman–Crippen MR) is 72.2 cm³/mol. The first-order chi connectivity index (χ1) is 8.81. The van der Waals surface area contributed by atoms with E-state index >= 15 is 0 Å². The van der Waals surface area contributed by atoms with E-state index in [9.17, 15) is 4.79 Å². The quantitative estimate of drug-likeness (QED) is 0.758. The van der Waals surface area contributed by atoms with Gasteiger partial charge in [-0.3, -0.25) is 4.79 Å². The van der Waals surface area contributed by atoms with Crippen LogP contribution in [0.3, 0.4) is 0 Å². The Balaban J connectivity index is 1.74. The summed E-state index contributed by atoms with van der Waals surface area (Å²) < 4.78 is 0. The number of aliphatic hydroxyl groups is 1. The molecule has 0 atom stereocenters. The second kappa shape index (κ2) is 7.13. The van der Waals surface area contributed by atoms with Gasteiger partial charge in [0, 0.05) is 25.6 Å². The third kappa shape index (κ3) is 3.71. The molecule has 1 N–H and O–H groups in total. The summed E-state index contributed by atoms with van der Waals surface area (Å²) in [7, 11) is 0. The lowest BCUT2D eigenvalue weighted by Crippen LogP contribution is -2.45. The lowest BCUT2D eigenvalue weighted by Gasteiger charge is -2.38. The summed E-state index contributed by atoms with van der Waals surface area (Å²) in [5.74, 6) is 1.13. The number of carbonyl (C=O) groups excluding carboxylic acids is 1. The van der Waals surface area contributed by atoms with Crippen LogP contribution in [0.15, 0.2) is 0 Å². The lowest BCUT2D eigenvalue weighted by molar-refractivity contribution is -0.135. The molecule has 0 heterocycles. The Morgan fingerprint density at radius 1 is 1.11 bits per heavy atom. The van der Waals surface area contributed by atoms with E-state index in [1.807, 2.05) is 0 Å². The monoisotopic (exact) mass is 253 g/mol. The van der Waals surface area contributed by atoms with Crippen molar-refractivity contribution in [3.8, 4) is 0 Å². The summed E-state index contributed by atoms with van der Waals surface area (Å²) in [6, 6.07) is 0.479. The zero-order valence-corrected chi connectivity index (χ0v) is 11.4. The molecule has 0 aromatic rings. The molecule has 2 aliphatic carbocycles. The molecule has 0 aromatic heterocycles. The van der Waals surface area contributed by atoms with Crippen molar-refractivity contribution >= 4 is 5.91 Å². The van der Waals surface area contributed by atoms with Crippen molar-refractivity contribution in [1.82, 2.24) is 4.90 Å². The molecule has 3 heteroatoms. The summed E-state index contributed by atoms with van der Waals surface area (Å²) in [6.45, 7) is 0.948. The predicted octanol–water partition coefficient (Wildman–Crippen LogP) is 2.72. The molecule has 0 aliphatic heterocycles. The highest BCUT2D eigenvalue weighted by atomic mass is 16.3. The summed E-state index contributed by atoms with van der Waals surface area (Å²) in [5.41, 5.74) is 0. The number of carbonyl (C=O) groups is 1. The largest absolute Gasteiger partial charge is 0.396 e. The molecule has 104 valence electrons. The van der Waals surface area contributed by atoms with Crippen LogP contribution in [-0.4, -0.2) is 35.1 Å². The van der Waals surface area contributed by atoms with Crippen molar-refractivity contribution < 1.29 is 9.90 Å². The van der Waals surface area contributed by atoms with Crippen molar-refractivity contribution in [3.63, 3.8) is 0 Å². The van der Waals surface area contributed by atoms with Gasteiger partial charge in [0.2, 0.25) is 5.91 Å². The van der Waals surface area contributed by atoms with Crippen LogP contribution in [0.5, 0.6) is 0 Å². The molecule has 0 spiro atoms. The molecule has 3 nitrogen and oxygen atoms in total. The molecule has 2 fully saturated rings. The second-order valence-electron chi connectivity index (χ2n) is 5.94. The first-order valence-corrected chi connectivity index (χ1v) is 7.71. The van der Waals surface area contributed by atoms with Crippen LogP contribution in [0.2, 0.25) is 0 Å². The third-order valence-electron chi connectivity index (χ3n) is 4.63. The van der Waals surface area contributed by atoms with E-state index in [1.54, 1.807) is 0 Å². The van der Waals surface area contributed by atoms with E-state index in [4.69, 9.17) is 5.11 Å². The third-order valence-corrected chi connectivity index (χ3v) is 4.63. The van der Waals surface area contributed by atoms with Gasteiger partial charge in [0.25, 0.3) is 0 Å². The Morgan fingerprint density at radius 3 is 2.39 bits per heavy atom. The maximum atomic E-state index is 12.3. The SMILES string of the molecule is O=C(CCC1CCCC1)N(CCCO)C1CCC1. The van der Waals surface area contributed by atoms with Crippen molar-refractivity contribution in [1.29, 1.82) is 0 Å².